The molecule has 0 saturated carbocycles. The molecular weight excluding hydrogens is 509 g/mol. The van der Waals surface area contributed by atoms with E-state index in [1.165, 1.54) is 4.90 Å². The fourth-order valence-corrected chi connectivity index (χ4v) is 5.01. The zero-order chi connectivity index (χ0) is 26.3. The normalized spacial score (nSPS) is 12.2. The molecule has 0 radical (unpaired) electrons. The first-order chi connectivity index (χ1) is 16.4. The van der Waals surface area contributed by atoms with Crippen molar-refractivity contribution in [2.45, 2.75) is 53.1 Å². The molecule has 0 spiro atoms. The zero-order valence-electron chi connectivity index (χ0n) is 20.8. The van der Waals surface area contributed by atoms with Crippen LogP contribution in [0.3, 0.4) is 0 Å². The van der Waals surface area contributed by atoms with Crippen molar-refractivity contribution in [3.05, 3.63) is 63.1 Å². The number of anilines is 1. The average molecular weight is 543 g/mol. The number of sulfonamides is 1. The number of benzene rings is 2. The van der Waals surface area contributed by atoms with E-state index in [2.05, 4.69) is 5.32 Å². The van der Waals surface area contributed by atoms with Gasteiger partial charge >= 0.3 is 0 Å². The standard InChI is InChI=1S/C25H33Cl2N3O4S/c1-6-7-13-28-25(32)19(4)29(15-20-11-12-21(26)22(27)14-20)23(31)16-30(35(5,33)34)24-17(2)9-8-10-18(24)3/h8-12,14,19H,6-7,13,15-16H2,1-5H3,(H,28,32). The lowest BCUT2D eigenvalue weighted by molar-refractivity contribution is -0.139. The fourth-order valence-electron chi connectivity index (χ4n) is 3.73. The second-order valence-corrected chi connectivity index (χ2v) is 11.3. The van der Waals surface area contributed by atoms with E-state index in [0.29, 0.717) is 27.8 Å². The van der Waals surface area contributed by atoms with Gasteiger partial charge in [-0.2, -0.15) is 0 Å². The number of para-hydroxylation sites is 1. The molecule has 7 nitrogen and oxygen atoms in total. The zero-order valence-corrected chi connectivity index (χ0v) is 23.1. The summed E-state index contributed by atoms with van der Waals surface area (Å²) in [5.74, 6) is -0.827. The molecular formula is C25H33Cl2N3O4S. The van der Waals surface area contributed by atoms with Crippen LogP contribution in [0.1, 0.15) is 43.4 Å². The van der Waals surface area contributed by atoms with E-state index in [-0.39, 0.29) is 12.5 Å². The van der Waals surface area contributed by atoms with Crippen LogP contribution in [0.15, 0.2) is 36.4 Å². The number of nitrogens with one attached hydrogen (secondary N) is 1. The highest BCUT2D eigenvalue weighted by molar-refractivity contribution is 7.92. The van der Waals surface area contributed by atoms with E-state index in [1.807, 2.05) is 13.0 Å². The molecule has 10 heteroatoms. The quantitative estimate of drug-likeness (QED) is 0.417. The first-order valence-corrected chi connectivity index (χ1v) is 14.0. The van der Waals surface area contributed by atoms with Gasteiger partial charge in [-0.05, 0) is 56.0 Å². The summed E-state index contributed by atoms with van der Waals surface area (Å²) in [5, 5.41) is 3.54. The summed E-state index contributed by atoms with van der Waals surface area (Å²) in [5.41, 5.74) is 2.58. The maximum atomic E-state index is 13.6. The minimum atomic E-state index is -3.79. The second-order valence-electron chi connectivity index (χ2n) is 8.60. The van der Waals surface area contributed by atoms with Gasteiger partial charge in [0.2, 0.25) is 21.8 Å². The van der Waals surface area contributed by atoms with E-state index in [4.69, 9.17) is 23.2 Å². The predicted octanol–water partition coefficient (Wildman–Crippen LogP) is 4.71. The molecule has 1 atom stereocenters. The topological polar surface area (TPSA) is 86.8 Å². The molecule has 0 saturated heterocycles. The number of carbonyl (C=O) groups excluding carboxylic acids is 2. The highest BCUT2D eigenvalue weighted by atomic mass is 35.5. The Labute approximate surface area is 218 Å². The molecule has 2 rings (SSSR count). The maximum Gasteiger partial charge on any atom is 0.244 e. The van der Waals surface area contributed by atoms with Crippen molar-refractivity contribution in [3.63, 3.8) is 0 Å². The van der Waals surface area contributed by atoms with Gasteiger partial charge in [-0.25, -0.2) is 8.42 Å². The van der Waals surface area contributed by atoms with Gasteiger partial charge in [0.25, 0.3) is 0 Å². The average Bonchev–Trinajstić information content (AvgIpc) is 2.77. The Morgan fingerprint density at radius 1 is 1.06 bits per heavy atom. The fraction of sp³-hybridized carbons (Fsp3) is 0.440. The molecule has 0 bridgehead atoms. The number of unbranched alkanes of at least 4 members (excludes halogenated alkanes) is 1. The van der Waals surface area contributed by atoms with Gasteiger partial charge in [0.15, 0.2) is 0 Å². The van der Waals surface area contributed by atoms with Gasteiger partial charge < -0.3 is 10.2 Å². The van der Waals surface area contributed by atoms with Crippen molar-refractivity contribution in [2.75, 3.05) is 23.7 Å². The molecule has 192 valence electrons. The summed E-state index contributed by atoms with van der Waals surface area (Å²) >= 11 is 12.2. The Balaban J connectivity index is 2.43. The van der Waals surface area contributed by atoms with Crippen molar-refractivity contribution in [1.29, 1.82) is 0 Å². The summed E-state index contributed by atoms with van der Waals surface area (Å²) in [6.07, 6.45) is 2.80. The minimum absolute atomic E-state index is 0.0580. The Hall–Kier alpha value is -2.29. The number of aryl methyl sites for hydroxylation is 2. The Bertz CT molecular complexity index is 1150. The molecule has 0 aliphatic rings. The van der Waals surface area contributed by atoms with Crippen LogP contribution in [0, 0.1) is 13.8 Å². The molecule has 0 aromatic heterocycles. The third kappa shape index (κ3) is 7.85. The number of rotatable bonds is 11. The summed E-state index contributed by atoms with van der Waals surface area (Å²) in [4.78, 5) is 27.8. The van der Waals surface area contributed by atoms with Crippen molar-refractivity contribution >= 4 is 50.7 Å². The van der Waals surface area contributed by atoms with Crippen LogP contribution in [0.5, 0.6) is 0 Å². The molecule has 0 aliphatic carbocycles. The minimum Gasteiger partial charge on any atom is -0.354 e. The Morgan fingerprint density at radius 3 is 2.23 bits per heavy atom. The molecule has 35 heavy (non-hydrogen) atoms. The second kappa shape index (κ2) is 12.6. The van der Waals surface area contributed by atoms with Crippen LogP contribution < -0.4 is 9.62 Å². The molecule has 1 N–H and O–H groups in total. The third-order valence-electron chi connectivity index (χ3n) is 5.70. The van der Waals surface area contributed by atoms with Gasteiger partial charge in [-0.15, -0.1) is 0 Å². The number of nitrogens with zero attached hydrogens (tertiary/aromatic N) is 2. The van der Waals surface area contributed by atoms with Crippen LogP contribution in [0.25, 0.3) is 0 Å². The molecule has 1 unspecified atom stereocenters. The smallest absolute Gasteiger partial charge is 0.244 e. The molecule has 2 aromatic carbocycles. The van der Waals surface area contributed by atoms with Crippen molar-refractivity contribution in [2.24, 2.45) is 0 Å². The molecule has 0 heterocycles. The van der Waals surface area contributed by atoms with E-state index < -0.39 is 28.5 Å². The van der Waals surface area contributed by atoms with Gasteiger partial charge in [-0.1, -0.05) is 60.8 Å². The number of hydrogen-bond donors (Lipinski definition) is 1. The predicted molar refractivity (Wildman–Crippen MR) is 142 cm³/mol. The van der Waals surface area contributed by atoms with E-state index in [1.54, 1.807) is 51.1 Å². The van der Waals surface area contributed by atoms with Gasteiger partial charge in [0, 0.05) is 13.1 Å². The Morgan fingerprint density at radius 2 is 1.69 bits per heavy atom. The van der Waals surface area contributed by atoms with Crippen molar-refractivity contribution < 1.29 is 18.0 Å². The monoisotopic (exact) mass is 541 g/mol. The first kappa shape index (κ1) is 28.9. The van der Waals surface area contributed by atoms with Crippen LogP contribution >= 0.6 is 23.2 Å². The SMILES string of the molecule is CCCCNC(=O)C(C)N(Cc1ccc(Cl)c(Cl)c1)C(=O)CN(c1c(C)cccc1C)S(C)(=O)=O. The lowest BCUT2D eigenvalue weighted by Crippen LogP contribution is -2.51. The summed E-state index contributed by atoms with van der Waals surface area (Å²) in [6.45, 7) is 7.33. The third-order valence-corrected chi connectivity index (χ3v) is 7.55. The van der Waals surface area contributed by atoms with Crippen molar-refractivity contribution in [1.82, 2.24) is 10.2 Å². The first-order valence-electron chi connectivity index (χ1n) is 11.4. The molecule has 0 aliphatic heterocycles. The number of amides is 2. The molecule has 2 aromatic rings. The van der Waals surface area contributed by atoms with Crippen LogP contribution in [0.2, 0.25) is 10.0 Å². The van der Waals surface area contributed by atoms with Gasteiger partial charge in [0.1, 0.15) is 12.6 Å². The Kier molecular flexibility index (Phi) is 10.4. The van der Waals surface area contributed by atoms with Gasteiger partial charge in [-0.3, -0.25) is 13.9 Å². The highest BCUT2D eigenvalue weighted by Crippen LogP contribution is 2.28. The summed E-state index contributed by atoms with van der Waals surface area (Å²) < 4.78 is 26.6. The molecule has 0 fully saturated rings. The van der Waals surface area contributed by atoms with E-state index >= 15 is 0 Å². The summed E-state index contributed by atoms with van der Waals surface area (Å²) in [6, 6.07) is 9.54. The maximum absolute atomic E-state index is 13.6. The molecule has 2 amide bonds. The van der Waals surface area contributed by atoms with Gasteiger partial charge in [0.05, 0.1) is 22.0 Å². The van der Waals surface area contributed by atoms with E-state index in [9.17, 15) is 18.0 Å². The lowest BCUT2D eigenvalue weighted by atomic mass is 10.1. The van der Waals surface area contributed by atoms with Crippen molar-refractivity contribution in [3.8, 4) is 0 Å². The summed E-state index contributed by atoms with van der Waals surface area (Å²) in [7, 11) is -3.79. The van der Waals surface area contributed by atoms with E-state index in [0.717, 1.165) is 34.5 Å². The van der Waals surface area contributed by atoms with Crippen LogP contribution in [-0.4, -0.2) is 50.5 Å². The lowest BCUT2D eigenvalue weighted by Gasteiger charge is -2.32. The van der Waals surface area contributed by atoms with Crippen LogP contribution in [0.4, 0.5) is 5.69 Å². The number of carbonyl (C=O) groups is 2. The highest BCUT2D eigenvalue weighted by Gasteiger charge is 2.31. The number of hydrogen-bond acceptors (Lipinski definition) is 4. The number of halogens is 2. The largest absolute Gasteiger partial charge is 0.354 e. The van der Waals surface area contributed by atoms with Crippen LogP contribution in [-0.2, 0) is 26.2 Å².